The average molecular weight is 374 g/mol. The van der Waals surface area contributed by atoms with E-state index in [9.17, 15) is 9.90 Å². The maximum Gasteiger partial charge on any atom is 0.222 e. The molecular weight excluding hydrogens is 346 g/mol. The standard InChI is InChI=1S/C20H27N3O2S/c21-20-22-17(14-26-20)7-9-19(25)23-12-10-16(11-13-23)18(24)8-6-15-4-2-1-3-5-15/h1-5,14,16,18,24H,6-13H2,(H2,21,22)/t18-/m1/s1. The molecule has 1 atom stereocenters. The number of aromatic nitrogens is 1. The van der Waals surface area contributed by atoms with Crippen molar-refractivity contribution in [3.8, 4) is 0 Å². The highest BCUT2D eigenvalue weighted by atomic mass is 32.1. The van der Waals surface area contributed by atoms with Crippen molar-refractivity contribution in [1.29, 1.82) is 0 Å². The number of nitrogens with zero attached hydrogens (tertiary/aromatic N) is 2. The third-order valence-corrected chi connectivity index (χ3v) is 5.90. The summed E-state index contributed by atoms with van der Waals surface area (Å²) < 4.78 is 0. The number of aliphatic hydroxyl groups is 1. The molecule has 1 aromatic carbocycles. The molecule has 1 aliphatic rings. The van der Waals surface area contributed by atoms with E-state index in [2.05, 4.69) is 17.1 Å². The second kappa shape index (κ2) is 9.14. The number of nitrogens with two attached hydrogens (primary N) is 1. The summed E-state index contributed by atoms with van der Waals surface area (Å²) in [4.78, 5) is 18.5. The minimum absolute atomic E-state index is 0.175. The smallest absolute Gasteiger partial charge is 0.222 e. The number of aliphatic hydroxyl groups excluding tert-OH is 1. The van der Waals surface area contributed by atoms with Gasteiger partial charge in [0.05, 0.1) is 11.8 Å². The van der Waals surface area contributed by atoms with Crippen molar-refractivity contribution in [2.45, 2.75) is 44.6 Å². The summed E-state index contributed by atoms with van der Waals surface area (Å²) in [5, 5.41) is 13.0. The molecule has 26 heavy (non-hydrogen) atoms. The predicted octanol–water partition coefficient (Wildman–Crippen LogP) is 2.89. The number of thiazole rings is 1. The molecule has 0 unspecified atom stereocenters. The molecule has 2 aromatic rings. The highest BCUT2D eigenvalue weighted by molar-refractivity contribution is 7.13. The molecule has 0 spiro atoms. The number of benzene rings is 1. The monoisotopic (exact) mass is 373 g/mol. The highest BCUT2D eigenvalue weighted by Crippen LogP contribution is 2.24. The number of hydrogen-bond donors (Lipinski definition) is 2. The highest BCUT2D eigenvalue weighted by Gasteiger charge is 2.27. The van der Waals surface area contributed by atoms with Crippen LogP contribution < -0.4 is 5.73 Å². The summed E-state index contributed by atoms with van der Waals surface area (Å²) in [7, 11) is 0. The van der Waals surface area contributed by atoms with Crippen LogP contribution in [0, 0.1) is 5.92 Å². The fraction of sp³-hybridized carbons (Fsp3) is 0.500. The normalized spacial score (nSPS) is 16.6. The lowest BCUT2D eigenvalue weighted by atomic mass is 9.88. The summed E-state index contributed by atoms with van der Waals surface area (Å²) in [5.74, 6) is 0.467. The Morgan fingerprint density at radius 1 is 1.27 bits per heavy atom. The van der Waals surface area contributed by atoms with Gasteiger partial charge in [-0.3, -0.25) is 4.79 Å². The fourth-order valence-electron chi connectivity index (χ4n) is 3.56. The van der Waals surface area contributed by atoms with Crippen LogP contribution in [0.2, 0.25) is 0 Å². The van der Waals surface area contributed by atoms with Gasteiger partial charge >= 0.3 is 0 Å². The molecule has 3 N–H and O–H groups in total. The molecule has 1 fully saturated rings. The van der Waals surface area contributed by atoms with Gasteiger partial charge in [0.25, 0.3) is 0 Å². The van der Waals surface area contributed by atoms with Crippen LogP contribution in [-0.2, 0) is 17.6 Å². The number of amides is 1. The molecule has 0 radical (unpaired) electrons. The average Bonchev–Trinajstić information content (AvgIpc) is 3.10. The summed E-state index contributed by atoms with van der Waals surface area (Å²) in [6.45, 7) is 1.48. The summed E-state index contributed by atoms with van der Waals surface area (Å²) in [5.41, 5.74) is 7.78. The molecule has 1 saturated heterocycles. The van der Waals surface area contributed by atoms with Crippen LogP contribution in [0.15, 0.2) is 35.7 Å². The number of rotatable bonds is 7. The molecular formula is C20H27N3O2S. The van der Waals surface area contributed by atoms with Crippen molar-refractivity contribution in [3.05, 3.63) is 47.0 Å². The van der Waals surface area contributed by atoms with Gasteiger partial charge in [-0.2, -0.15) is 0 Å². The Morgan fingerprint density at radius 2 is 2.00 bits per heavy atom. The van der Waals surface area contributed by atoms with Gasteiger partial charge in [-0.25, -0.2) is 4.98 Å². The van der Waals surface area contributed by atoms with Gasteiger partial charge in [-0.05, 0) is 43.6 Å². The molecule has 1 aliphatic heterocycles. The third kappa shape index (κ3) is 5.29. The lowest BCUT2D eigenvalue weighted by Gasteiger charge is -2.34. The largest absolute Gasteiger partial charge is 0.393 e. The molecule has 1 amide bonds. The maximum atomic E-state index is 12.4. The molecule has 1 aromatic heterocycles. The lowest BCUT2D eigenvalue weighted by Crippen LogP contribution is -2.41. The Bertz CT molecular complexity index is 696. The first-order valence-electron chi connectivity index (χ1n) is 9.31. The Hall–Kier alpha value is -1.92. The van der Waals surface area contributed by atoms with E-state index in [0.29, 0.717) is 23.9 Å². The van der Waals surface area contributed by atoms with Crippen molar-refractivity contribution in [3.63, 3.8) is 0 Å². The van der Waals surface area contributed by atoms with E-state index in [1.807, 2.05) is 28.5 Å². The molecule has 2 heterocycles. The minimum atomic E-state index is -0.287. The number of likely N-dealkylation sites (tertiary alicyclic amines) is 1. The Labute approximate surface area is 158 Å². The second-order valence-electron chi connectivity index (χ2n) is 6.99. The molecule has 0 aliphatic carbocycles. The van der Waals surface area contributed by atoms with Crippen molar-refractivity contribution < 1.29 is 9.90 Å². The van der Waals surface area contributed by atoms with Crippen molar-refractivity contribution in [2.75, 3.05) is 18.8 Å². The van der Waals surface area contributed by atoms with E-state index in [1.165, 1.54) is 16.9 Å². The lowest BCUT2D eigenvalue weighted by molar-refractivity contribution is -0.133. The van der Waals surface area contributed by atoms with Gasteiger partial charge in [-0.1, -0.05) is 30.3 Å². The van der Waals surface area contributed by atoms with Crippen LogP contribution in [0.1, 0.15) is 36.9 Å². The first-order chi connectivity index (χ1) is 12.6. The van der Waals surface area contributed by atoms with Gasteiger partial charge in [-0.15, -0.1) is 11.3 Å². The Kier molecular flexibility index (Phi) is 6.63. The van der Waals surface area contributed by atoms with E-state index in [1.54, 1.807) is 0 Å². The van der Waals surface area contributed by atoms with Gasteiger partial charge < -0.3 is 15.7 Å². The number of anilines is 1. The SMILES string of the molecule is Nc1nc(CCC(=O)N2CCC([C@H](O)CCc3ccccc3)CC2)cs1. The first kappa shape index (κ1) is 18.9. The Morgan fingerprint density at radius 3 is 2.65 bits per heavy atom. The maximum absolute atomic E-state index is 12.4. The molecule has 140 valence electrons. The second-order valence-corrected chi connectivity index (χ2v) is 7.88. The molecule has 3 rings (SSSR count). The summed E-state index contributed by atoms with van der Waals surface area (Å²) in [6.07, 6.45) is 4.28. The number of hydrogen-bond acceptors (Lipinski definition) is 5. The van der Waals surface area contributed by atoms with E-state index in [4.69, 9.17) is 5.73 Å². The van der Waals surface area contributed by atoms with Crippen molar-refractivity contribution in [2.24, 2.45) is 5.92 Å². The number of aryl methyl sites for hydroxylation is 2. The zero-order valence-electron chi connectivity index (χ0n) is 15.0. The third-order valence-electron chi connectivity index (χ3n) is 5.17. The number of nitrogen functional groups attached to an aromatic ring is 1. The van der Waals surface area contributed by atoms with Crippen molar-refractivity contribution >= 4 is 22.4 Å². The quantitative estimate of drug-likeness (QED) is 0.782. The van der Waals surface area contributed by atoms with Crippen LogP contribution in [0.4, 0.5) is 5.13 Å². The first-order valence-corrected chi connectivity index (χ1v) is 10.2. The van der Waals surface area contributed by atoms with Gasteiger partial charge in [0.1, 0.15) is 0 Å². The molecule has 6 heteroatoms. The van der Waals surface area contributed by atoms with Crippen LogP contribution in [0.3, 0.4) is 0 Å². The van der Waals surface area contributed by atoms with E-state index in [-0.39, 0.29) is 12.0 Å². The van der Waals surface area contributed by atoms with Crippen LogP contribution in [0.25, 0.3) is 0 Å². The van der Waals surface area contributed by atoms with Crippen LogP contribution in [-0.4, -0.2) is 40.1 Å². The molecule has 5 nitrogen and oxygen atoms in total. The topological polar surface area (TPSA) is 79.5 Å². The van der Waals surface area contributed by atoms with E-state index >= 15 is 0 Å². The molecule has 0 saturated carbocycles. The Balaban J connectivity index is 1.38. The van der Waals surface area contributed by atoms with Crippen LogP contribution in [0.5, 0.6) is 0 Å². The number of carbonyl (C=O) groups excluding carboxylic acids is 1. The van der Waals surface area contributed by atoms with E-state index in [0.717, 1.165) is 44.5 Å². The minimum Gasteiger partial charge on any atom is -0.393 e. The van der Waals surface area contributed by atoms with E-state index < -0.39 is 0 Å². The summed E-state index contributed by atoms with van der Waals surface area (Å²) in [6, 6.07) is 10.3. The van der Waals surface area contributed by atoms with Gasteiger partial charge in [0, 0.05) is 24.9 Å². The van der Waals surface area contributed by atoms with Gasteiger partial charge in [0.15, 0.2) is 5.13 Å². The number of piperidine rings is 1. The van der Waals surface area contributed by atoms with Gasteiger partial charge in [0.2, 0.25) is 5.91 Å². The molecule has 0 bridgehead atoms. The van der Waals surface area contributed by atoms with Crippen LogP contribution >= 0.6 is 11.3 Å². The van der Waals surface area contributed by atoms with Crippen molar-refractivity contribution in [1.82, 2.24) is 9.88 Å². The predicted molar refractivity (Wildman–Crippen MR) is 105 cm³/mol. The zero-order chi connectivity index (χ0) is 18.4. The zero-order valence-corrected chi connectivity index (χ0v) is 15.8. The summed E-state index contributed by atoms with van der Waals surface area (Å²) >= 11 is 1.41. The number of carbonyl (C=O) groups is 1. The fourth-order valence-corrected chi connectivity index (χ4v) is 4.16.